The van der Waals surface area contributed by atoms with Gasteiger partial charge in [0.2, 0.25) is 5.95 Å². The van der Waals surface area contributed by atoms with Crippen molar-refractivity contribution in [1.82, 2.24) is 9.97 Å². The molecule has 1 aromatic carbocycles. The van der Waals surface area contributed by atoms with E-state index in [1.807, 2.05) is 0 Å². The van der Waals surface area contributed by atoms with Crippen LogP contribution in [0.15, 0.2) is 42.6 Å². The van der Waals surface area contributed by atoms with Gasteiger partial charge in [-0.2, -0.15) is 13.2 Å². The molecule has 1 aliphatic rings. The summed E-state index contributed by atoms with van der Waals surface area (Å²) in [5.41, 5.74) is -1.61. The molecule has 2 heterocycles. The van der Waals surface area contributed by atoms with E-state index in [0.717, 1.165) is 12.3 Å². The molecule has 1 atom stereocenters. The summed E-state index contributed by atoms with van der Waals surface area (Å²) in [7, 11) is 0. The number of aliphatic carboxylic acids is 1. The summed E-state index contributed by atoms with van der Waals surface area (Å²) in [6.45, 7) is 0.288. The van der Waals surface area contributed by atoms with E-state index in [9.17, 15) is 23.1 Å². The molecule has 0 radical (unpaired) electrons. The number of hydrogen-bond donors (Lipinski definition) is 1. The highest BCUT2D eigenvalue weighted by Crippen LogP contribution is 2.37. The molecule has 5 nitrogen and oxygen atoms in total. The predicted molar refractivity (Wildman–Crippen MR) is 79.6 cm³/mol. The molecule has 0 bridgehead atoms. The zero-order valence-corrected chi connectivity index (χ0v) is 12.5. The van der Waals surface area contributed by atoms with Crippen LogP contribution in [0.1, 0.15) is 17.7 Å². The van der Waals surface area contributed by atoms with E-state index in [1.54, 1.807) is 30.3 Å². The topological polar surface area (TPSA) is 66.3 Å². The van der Waals surface area contributed by atoms with Gasteiger partial charge in [0.15, 0.2) is 0 Å². The largest absolute Gasteiger partial charge is 0.481 e. The molecule has 126 valence electrons. The monoisotopic (exact) mass is 337 g/mol. The smallest absolute Gasteiger partial charge is 0.433 e. The maximum Gasteiger partial charge on any atom is 0.433 e. The number of aromatic nitrogens is 2. The van der Waals surface area contributed by atoms with Gasteiger partial charge >= 0.3 is 12.1 Å². The van der Waals surface area contributed by atoms with Crippen LogP contribution < -0.4 is 4.90 Å². The van der Waals surface area contributed by atoms with Crippen molar-refractivity contribution in [2.45, 2.75) is 18.0 Å². The number of carboxylic acid groups (broad SMARTS) is 1. The van der Waals surface area contributed by atoms with Crippen molar-refractivity contribution < 1.29 is 23.1 Å². The van der Waals surface area contributed by atoms with Crippen LogP contribution in [0.4, 0.5) is 19.1 Å². The molecule has 1 aliphatic heterocycles. The summed E-state index contributed by atoms with van der Waals surface area (Å²) in [6.07, 6.45) is -3.26. The van der Waals surface area contributed by atoms with Gasteiger partial charge in [0.1, 0.15) is 11.1 Å². The molecule has 3 rings (SSSR count). The standard InChI is InChI=1S/C16H14F3N3O2/c17-16(18,19)12-6-8-20-14(21-12)22-9-7-15(10-22,13(23)24)11-4-2-1-3-5-11/h1-6,8H,7,9-10H2,(H,23,24). The summed E-state index contributed by atoms with van der Waals surface area (Å²) in [5, 5.41) is 9.72. The van der Waals surface area contributed by atoms with Gasteiger partial charge in [-0.25, -0.2) is 9.97 Å². The second-order valence-corrected chi connectivity index (χ2v) is 5.66. The Morgan fingerprint density at radius 3 is 2.54 bits per heavy atom. The van der Waals surface area contributed by atoms with Crippen molar-refractivity contribution >= 4 is 11.9 Å². The molecule has 24 heavy (non-hydrogen) atoms. The van der Waals surface area contributed by atoms with E-state index in [-0.39, 0.29) is 25.5 Å². The van der Waals surface area contributed by atoms with E-state index in [4.69, 9.17) is 0 Å². The van der Waals surface area contributed by atoms with Crippen LogP contribution in [-0.4, -0.2) is 34.1 Å². The number of alkyl halides is 3. The Morgan fingerprint density at radius 1 is 1.21 bits per heavy atom. The summed E-state index contributed by atoms with van der Waals surface area (Å²) >= 11 is 0. The quantitative estimate of drug-likeness (QED) is 0.933. The van der Waals surface area contributed by atoms with Gasteiger partial charge in [0.05, 0.1) is 0 Å². The van der Waals surface area contributed by atoms with Gasteiger partial charge in [-0.1, -0.05) is 30.3 Å². The number of nitrogens with zero attached hydrogens (tertiary/aromatic N) is 3. The molecule has 1 saturated heterocycles. The fourth-order valence-electron chi connectivity index (χ4n) is 2.93. The number of rotatable bonds is 3. The molecule has 1 aromatic heterocycles. The van der Waals surface area contributed by atoms with Crippen LogP contribution >= 0.6 is 0 Å². The molecule has 1 unspecified atom stereocenters. The van der Waals surface area contributed by atoms with Crippen LogP contribution in [0, 0.1) is 0 Å². The normalized spacial score (nSPS) is 21.0. The minimum atomic E-state index is -4.57. The van der Waals surface area contributed by atoms with Crippen molar-refractivity contribution in [3.63, 3.8) is 0 Å². The fourth-order valence-corrected chi connectivity index (χ4v) is 2.93. The second-order valence-electron chi connectivity index (χ2n) is 5.66. The van der Waals surface area contributed by atoms with E-state index in [0.29, 0.717) is 5.56 Å². The second kappa shape index (κ2) is 5.77. The van der Waals surface area contributed by atoms with Gasteiger partial charge < -0.3 is 10.0 Å². The highest BCUT2D eigenvalue weighted by Gasteiger charge is 2.47. The Labute approximate surface area is 135 Å². The van der Waals surface area contributed by atoms with E-state index >= 15 is 0 Å². The highest BCUT2D eigenvalue weighted by atomic mass is 19.4. The molecular formula is C16H14F3N3O2. The van der Waals surface area contributed by atoms with Gasteiger partial charge in [-0.3, -0.25) is 4.79 Å². The maximum atomic E-state index is 12.8. The predicted octanol–water partition coefficient (Wildman–Crippen LogP) is 2.73. The number of carboxylic acids is 1. The van der Waals surface area contributed by atoms with E-state index < -0.39 is 23.3 Å². The lowest BCUT2D eigenvalue weighted by Gasteiger charge is -2.25. The molecule has 0 spiro atoms. The van der Waals surface area contributed by atoms with Gasteiger partial charge in [0.25, 0.3) is 0 Å². The number of halogens is 3. The van der Waals surface area contributed by atoms with Crippen molar-refractivity contribution in [3.05, 3.63) is 53.9 Å². The Morgan fingerprint density at radius 2 is 1.92 bits per heavy atom. The van der Waals surface area contributed by atoms with Crippen molar-refractivity contribution in [2.24, 2.45) is 0 Å². The molecule has 1 fully saturated rings. The minimum absolute atomic E-state index is 0.0215. The first-order valence-electron chi connectivity index (χ1n) is 7.27. The Kier molecular flexibility index (Phi) is 3.90. The number of hydrogen-bond acceptors (Lipinski definition) is 4. The highest BCUT2D eigenvalue weighted by molar-refractivity contribution is 5.83. The lowest BCUT2D eigenvalue weighted by Crippen LogP contribution is -2.39. The van der Waals surface area contributed by atoms with Crippen LogP contribution in [0.2, 0.25) is 0 Å². The lowest BCUT2D eigenvalue weighted by molar-refractivity contribution is -0.143. The summed E-state index contributed by atoms with van der Waals surface area (Å²) in [4.78, 5) is 20.8. The molecule has 1 N–H and O–H groups in total. The van der Waals surface area contributed by atoms with Crippen LogP contribution in [0.3, 0.4) is 0 Å². The Balaban J connectivity index is 1.93. The molecule has 0 amide bonds. The zero-order chi connectivity index (χ0) is 17.4. The van der Waals surface area contributed by atoms with Crippen molar-refractivity contribution in [2.75, 3.05) is 18.0 Å². The molecular weight excluding hydrogens is 323 g/mol. The van der Waals surface area contributed by atoms with E-state index in [1.165, 1.54) is 4.90 Å². The van der Waals surface area contributed by atoms with Crippen LogP contribution in [0.25, 0.3) is 0 Å². The third kappa shape index (κ3) is 2.79. The summed E-state index contributed by atoms with van der Waals surface area (Å²) in [6, 6.07) is 9.48. The first-order valence-corrected chi connectivity index (χ1v) is 7.27. The van der Waals surface area contributed by atoms with Crippen LogP contribution in [0.5, 0.6) is 0 Å². The number of carbonyl (C=O) groups is 1. The number of benzene rings is 1. The van der Waals surface area contributed by atoms with E-state index in [2.05, 4.69) is 9.97 Å². The zero-order valence-electron chi connectivity index (χ0n) is 12.5. The summed E-state index contributed by atoms with van der Waals surface area (Å²) in [5.74, 6) is -1.12. The minimum Gasteiger partial charge on any atom is -0.481 e. The number of anilines is 1. The van der Waals surface area contributed by atoms with Gasteiger partial charge in [-0.15, -0.1) is 0 Å². The fraction of sp³-hybridized carbons (Fsp3) is 0.312. The molecule has 0 aliphatic carbocycles. The molecule has 8 heteroatoms. The summed E-state index contributed by atoms with van der Waals surface area (Å²) < 4.78 is 38.4. The first kappa shape index (κ1) is 16.2. The SMILES string of the molecule is O=C(O)C1(c2ccccc2)CCN(c2nccc(C(F)(F)F)n2)C1. The third-order valence-corrected chi connectivity index (χ3v) is 4.22. The third-order valence-electron chi connectivity index (χ3n) is 4.22. The molecule has 2 aromatic rings. The van der Waals surface area contributed by atoms with Gasteiger partial charge in [0, 0.05) is 19.3 Å². The van der Waals surface area contributed by atoms with Crippen LogP contribution in [-0.2, 0) is 16.4 Å². The Hall–Kier alpha value is -2.64. The Bertz CT molecular complexity index is 752. The maximum absolute atomic E-state index is 12.8. The lowest BCUT2D eigenvalue weighted by atomic mass is 9.80. The average molecular weight is 337 g/mol. The van der Waals surface area contributed by atoms with Crippen molar-refractivity contribution in [1.29, 1.82) is 0 Å². The first-order chi connectivity index (χ1) is 11.3. The molecule has 0 saturated carbocycles. The van der Waals surface area contributed by atoms with Crippen molar-refractivity contribution in [3.8, 4) is 0 Å². The average Bonchev–Trinajstić information content (AvgIpc) is 3.02. The van der Waals surface area contributed by atoms with Gasteiger partial charge in [-0.05, 0) is 18.1 Å².